The molecule has 0 rings (SSSR count). The molecule has 0 aliphatic rings. The molecule has 0 bridgehead atoms. The summed E-state index contributed by atoms with van der Waals surface area (Å²) in [6.45, 7) is 5.68. The van der Waals surface area contributed by atoms with Gasteiger partial charge in [-0.1, -0.05) is 0 Å². The van der Waals surface area contributed by atoms with Crippen molar-refractivity contribution in [1.29, 1.82) is 0 Å². The molecular formula is C11H21NO4. The molecule has 0 radical (unpaired) electrons. The molecule has 0 heterocycles. The van der Waals surface area contributed by atoms with Crippen LogP contribution in [-0.4, -0.2) is 30.7 Å². The second-order valence-electron chi connectivity index (χ2n) is 4.47. The lowest BCUT2D eigenvalue weighted by molar-refractivity contribution is -0.154. The predicted octanol–water partition coefficient (Wildman–Crippen LogP) is 1.00. The minimum atomic E-state index is -0.441. The smallest absolute Gasteiger partial charge is 0.319 e. The lowest BCUT2D eigenvalue weighted by Crippen LogP contribution is -2.23. The molecule has 0 amide bonds. The number of esters is 2. The number of hydrogen-bond donors (Lipinski definition) is 1. The summed E-state index contributed by atoms with van der Waals surface area (Å²) in [5.74, 6) is -0.644. The summed E-state index contributed by atoms with van der Waals surface area (Å²) in [7, 11) is 0. The zero-order valence-electron chi connectivity index (χ0n) is 10.2. The van der Waals surface area contributed by atoms with Crippen LogP contribution in [0.5, 0.6) is 0 Å². The Hall–Kier alpha value is -1.10. The minimum absolute atomic E-state index is 0.105. The van der Waals surface area contributed by atoms with Crippen LogP contribution in [-0.2, 0) is 19.1 Å². The normalized spacial score (nSPS) is 11.0. The van der Waals surface area contributed by atoms with Crippen molar-refractivity contribution in [3.8, 4) is 0 Å². The van der Waals surface area contributed by atoms with Crippen molar-refractivity contribution in [1.82, 2.24) is 0 Å². The highest BCUT2D eigenvalue weighted by molar-refractivity contribution is 5.71. The van der Waals surface area contributed by atoms with E-state index in [4.69, 9.17) is 15.2 Å². The Balaban J connectivity index is 3.45. The molecular weight excluding hydrogens is 210 g/mol. The average Bonchev–Trinajstić information content (AvgIpc) is 2.14. The van der Waals surface area contributed by atoms with Crippen molar-refractivity contribution in [2.75, 3.05) is 13.2 Å². The van der Waals surface area contributed by atoms with Crippen LogP contribution in [0.15, 0.2) is 0 Å². The van der Waals surface area contributed by atoms with Crippen LogP contribution in [0.1, 0.15) is 40.0 Å². The Bertz CT molecular complexity index is 233. The third-order valence-electron chi connectivity index (χ3n) is 1.62. The first kappa shape index (κ1) is 14.9. The fourth-order valence-corrected chi connectivity index (χ4v) is 1.01. The van der Waals surface area contributed by atoms with Gasteiger partial charge in [0.2, 0.25) is 0 Å². The largest absolute Gasteiger partial charge is 0.465 e. The van der Waals surface area contributed by atoms with E-state index in [-0.39, 0.29) is 12.5 Å². The molecule has 0 aliphatic carbocycles. The van der Waals surface area contributed by atoms with Crippen LogP contribution in [0.3, 0.4) is 0 Å². The van der Waals surface area contributed by atoms with Gasteiger partial charge in [0.1, 0.15) is 5.60 Å². The Kier molecular flexibility index (Phi) is 6.72. The third-order valence-corrected chi connectivity index (χ3v) is 1.62. The highest BCUT2D eigenvalue weighted by atomic mass is 16.6. The number of rotatable bonds is 6. The molecule has 0 aromatic carbocycles. The maximum Gasteiger partial charge on any atom is 0.319 e. The molecule has 5 nitrogen and oxygen atoms in total. The van der Waals surface area contributed by atoms with Gasteiger partial charge in [-0.15, -0.1) is 0 Å². The molecule has 2 N–H and O–H groups in total. The van der Waals surface area contributed by atoms with E-state index in [1.165, 1.54) is 0 Å². The first-order valence-electron chi connectivity index (χ1n) is 5.42. The van der Waals surface area contributed by atoms with E-state index in [0.29, 0.717) is 25.9 Å². The van der Waals surface area contributed by atoms with E-state index >= 15 is 0 Å². The van der Waals surface area contributed by atoms with Crippen molar-refractivity contribution in [2.24, 2.45) is 5.73 Å². The second-order valence-corrected chi connectivity index (χ2v) is 4.47. The molecule has 0 spiro atoms. The van der Waals surface area contributed by atoms with E-state index < -0.39 is 11.6 Å². The Morgan fingerprint density at radius 1 is 1.12 bits per heavy atom. The molecule has 0 aliphatic heterocycles. The SMILES string of the molecule is CC(C)(C)OC(=O)CCCCOC(=O)CN. The number of carbonyl (C=O) groups is 2. The summed E-state index contributed by atoms with van der Waals surface area (Å²) in [4.78, 5) is 21.9. The Morgan fingerprint density at radius 2 is 1.75 bits per heavy atom. The topological polar surface area (TPSA) is 78.6 Å². The first-order chi connectivity index (χ1) is 7.35. The second kappa shape index (κ2) is 7.22. The summed E-state index contributed by atoms with van der Waals surface area (Å²) >= 11 is 0. The number of carbonyl (C=O) groups excluding carboxylic acids is 2. The molecule has 0 saturated carbocycles. The quantitative estimate of drug-likeness (QED) is 0.545. The molecule has 0 atom stereocenters. The van der Waals surface area contributed by atoms with Crippen LogP contribution in [0.4, 0.5) is 0 Å². The molecule has 16 heavy (non-hydrogen) atoms. The zero-order valence-corrected chi connectivity index (χ0v) is 10.2. The van der Waals surface area contributed by atoms with Crippen molar-refractivity contribution < 1.29 is 19.1 Å². The predicted molar refractivity (Wildman–Crippen MR) is 59.7 cm³/mol. The minimum Gasteiger partial charge on any atom is -0.465 e. The van der Waals surface area contributed by atoms with Gasteiger partial charge in [0.15, 0.2) is 0 Å². The first-order valence-corrected chi connectivity index (χ1v) is 5.42. The van der Waals surface area contributed by atoms with Gasteiger partial charge >= 0.3 is 11.9 Å². The molecule has 0 aromatic heterocycles. The third kappa shape index (κ3) is 9.45. The van der Waals surface area contributed by atoms with Crippen molar-refractivity contribution in [3.63, 3.8) is 0 Å². The van der Waals surface area contributed by atoms with Gasteiger partial charge in [0.05, 0.1) is 13.2 Å². The van der Waals surface area contributed by atoms with Crippen LogP contribution in [0.2, 0.25) is 0 Å². The summed E-state index contributed by atoms with van der Waals surface area (Å²) in [6.07, 6.45) is 1.63. The molecule has 0 fully saturated rings. The van der Waals surface area contributed by atoms with Crippen LogP contribution in [0.25, 0.3) is 0 Å². The van der Waals surface area contributed by atoms with Crippen LogP contribution < -0.4 is 5.73 Å². The molecule has 0 unspecified atom stereocenters. The van der Waals surface area contributed by atoms with Gasteiger partial charge in [0.25, 0.3) is 0 Å². The maximum absolute atomic E-state index is 11.3. The van der Waals surface area contributed by atoms with E-state index in [0.717, 1.165) is 0 Å². The van der Waals surface area contributed by atoms with E-state index in [2.05, 4.69) is 0 Å². The fraction of sp³-hybridized carbons (Fsp3) is 0.818. The molecule has 5 heteroatoms. The summed E-state index contributed by atoms with van der Waals surface area (Å²) < 4.78 is 9.88. The summed E-state index contributed by atoms with van der Waals surface area (Å²) in [5, 5.41) is 0. The van der Waals surface area contributed by atoms with Crippen LogP contribution >= 0.6 is 0 Å². The number of hydrogen-bond acceptors (Lipinski definition) is 5. The van der Waals surface area contributed by atoms with E-state index in [9.17, 15) is 9.59 Å². The van der Waals surface area contributed by atoms with Crippen LogP contribution in [0, 0.1) is 0 Å². The summed E-state index contributed by atoms with van der Waals surface area (Å²) in [5.41, 5.74) is 4.61. The standard InChI is InChI=1S/C11H21NO4/c1-11(2,3)16-9(13)6-4-5-7-15-10(14)8-12/h4-8,12H2,1-3H3. The zero-order chi connectivity index (χ0) is 12.6. The highest BCUT2D eigenvalue weighted by Gasteiger charge is 2.15. The van der Waals surface area contributed by atoms with Gasteiger partial charge in [-0.3, -0.25) is 9.59 Å². The van der Waals surface area contributed by atoms with Gasteiger partial charge in [-0.25, -0.2) is 0 Å². The molecule has 0 aromatic rings. The lowest BCUT2D eigenvalue weighted by Gasteiger charge is -2.19. The van der Waals surface area contributed by atoms with Crippen molar-refractivity contribution in [3.05, 3.63) is 0 Å². The summed E-state index contributed by atoms with van der Waals surface area (Å²) in [6, 6.07) is 0. The van der Waals surface area contributed by atoms with Gasteiger partial charge < -0.3 is 15.2 Å². The maximum atomic E-state index is 11.3. The number of nitrogens with two attached hydrogens (primary N) is 1. The van der Waals surface area contributed by atoms with Crippen molar-refractivity contribution in [2.45, 2.75) is 45.6 Å². The Morgan fingerprint density at radius 3 is 2.25 bits per heavy atom. The highest BCUT2D eigenvalue weighted by Crippen LogP contribution is 2.09. The lowest BCUT2D eigenvalue weighted by atomic mass is 10.2. The van der Waals surface area contributed by atoms with E-state index in [1.807, 2.05) is 20.8 Å². The van der Waals surface area contributed by atoms with Gasteiger partial charge in [-0.05, 0) is 33.6 Å². The number of ether oxygens (including phenoxy) is 2. The molecule has 94 valence electrons. The van der Waals surface area contributed by atoms with Crippen molar-refractivity contribution >= 4 is 11.9 Å². The fourth-order valence-electron chi connectivity index (χ4n) is 1.01. The van der Waals surface area contributed by atoms with Gasteiger partial charge in [-0.2, -0.15) is 0 Å². The monoisotopic (exact) mass is 231 g/mol. The number of unbranched alkanes of at least 4 members (excludes halogenated alkanes) is 1. The Labute approximate surface area is 96.3 Å². The van der Waals surface area contributed by atoms with Gasteiger partial charge in [0, 0.05) is 6.42 Å². The average molecular weight is 231 g/mol. The molecule has 0 saturated heterocycles. The van der Waals surface area contributed by atoms with E-state index in [1.54, 1.807) is 0 Å².